The second kappa shape index (κ2) is 15.3. The Kier molecular flexibility index (Phi) is 15.9. The maximum Gasteiger partial charge on any atom is 0.238 e. The number of hydrogen-bond donors (Lipinski definition) is 2. The van der Waals surface area contributed by atoms with Gasteiger partial charge in [-0.25, -0.2) is 0 Å². The third kappa shape index (κ3) is 11.3. The van der Waals surface area contributed by atoms with E-state index in [1.165, 1.54) is 0 Å². The second-order valence-electron chi connectivity index (χ2n) is 5.94. The zero-order valence-corrected chi connectivity index (χ0v) is 15.4. The third-order valence-electron chi connectivity index (χ3n) is 3.97. The van der Waals surface area contributed by atoms with Gasteiger partial charge in [0, 0.05) is 22.7 Å². The molecule has 0 aliphatic rings. The summed E-state index contributed by atoms with van der Waals surface area (Å²) in [4.78, 5) is 20.0. The minimum atomic E-state index is -0.781. The first-order chi connectivity index (χ1) is 11.3. The highest BCUT2D eigenvalue weighted by Gasteiger charge is 2.27. The average molecular weight is 350 g/mol. The summed E-state index contributed by atoms with van der Waals surface area (Å²) in [5.74, 6) is 0. The summed E-state index contributed by atoms with van der Waals surface area (Å²) < 4.78 is 0. The van der Waals surface area contributed by atoms with Crippen LogP contribution in [0.4, 0.5) is 0 Å². The molecule has 8 heteroatoms. The van der Waals surface area contributed by atoms with E-state index in [0.29, 0.717) is 25.7 Å². The number of nitro groups is 2. The van der Waals surface area contributed by atoms with Gasteiger partial charge in [-0.2, -0.15) is 0 Å². The molecule has 0 bridgehead atoms. The summed E-state index contributed by atoms with van der Waals surface area (Å²) >= 11 is 0. The topological polar surface area (TPSA) is 127 Å². The van der Waals surface area contributed by atoms with E-state index in [-0.39, 0.29) is 9.85 Å². The van der Waals surface area contributed by atoms with E-state index in [4.69, 9.17) is 0 Å². The van der Waals surface area contributed by atoms with E-state index in [0.717, 1.165) is 25.7 Å². The van der Waals surface area contributed by atoms with Crippen LogP contribution in [-0.4, -0.2) is 44.4 Å². The number of rotatable bonds is 12. The molecule has 2 N–H and O–H groups in total. The Morgan fingerprint density at radius 1 is 0.750 bits per heavy atom. The molecule has 8 nitrogen and oxygen atoms in total. The minimum absolute atomic E-state index is 0.389. The van der Waals surface area contributed by atoms with E-state index >= 15 is 0 Å². The predicted octanol–water partition coefficient (Wildman–Crippen LogP) is 3.19. The monoisotopic (exact) mass is 350 g/mol. The van der Waals surface area contributed by atoms with Crippen LogP contribution >= 0.6 is 0 Å². The molecule has 0 heterocycles. The SMILES string of the molecule is CCCCC(O)C(CC)[N+](=O)[O-].CCCCC(O)C(CC)[N+](=O)[O-]. The van der Waals surface area contributed by atoms with Gasteiger partial charge in [0.05, 0.1) is 0 Å². The van der Waals surface area contributed by atoms with Gasteiger partial charge in [0.1, 0.15) is 12.2 Å². The van der Waals surface area contributed by atoms with E-state index in [1.54, 1.807) is 13.8 Å². The molecule has 24 heavy (non-hydrogen) atoms. The van der Waals surface area contributed by atoms with Crippen molar-refractivity contribution < 1.29 is 20.1 Å². The summed E-state index contributed by atoms with van der Waals surface area (Å²) in [6.45, 7) is 7.45. The van der Waals surface area contributed by atoms with Gasteiger partial charge in [-0.05, 0) is 12.8 Å². The van der Waals surface area contributed by atoms with E-state index in [1.807, 2.05) is 13.8 Å². The summed E-state index contributed by atoms with van der Waals surface area (Å²) in [5, 5.41) is 39.5. The fraction of sp³-hybridized carbons (Fsp3) is 1.00. The number of unbranched alkanes of at least 4 members (excludes halogenated alkanes) is 2. The Morgan fingerprint density at radius 3 is 1.21 bits per heavy atom. The number of aliphatic hydroxyl groups is 2. The Balaban J connectivity index is 0. The smallest absolute Gasteiger partial charge is 0.238 e. The Hall–Kier alpha value is -1.28. The molecule has 0 aliphatic heterocycles. The van der Waals surface area contributed by atoms with Gasteiger partial charge in [-0.1, -0.05) is 53.4 Å². The van der Waals surface area contributed by atoms with Gasteiger partial charge >= 0.3 is 0 Å². The van der Waals surface area contributed by atoms with Crippen LogP contribution in [0.15, 0.2) is 0 Å². The summed E-state index contributed by atoms with van der Waals surface area (Å²) in [5.41, 5.74) is 0. The van der Waals surface area contributed by atoms with Crippen molar-refractivity contribution in [3.63, 3.8) is 0 Å². The number of nitrogens with zero attached hydrogens (tertiary/aromatic N) is 2. The summed E-state index contributed by atoms with van der Waals surface area (Å²) in [6, 6.07) is -1.56. The molecule has 0 saturated carbocycles. The first kappa shape index (κ1) is 25.0. The summed E-state index contributed by atoms with van der Waals surface area (Å²) in [7, 11) is 0. The highest BCUT2D eigenvalue weighted by atomic mass is 16.6. The number of hydrogen-bond acceptors (Lipinski definition) is 6. The third-order valence-corrected chi connectivity index (χ3v) is 3.97. The number of aliphatic hydroxyl groups excluding tert-OH is 2. The molecule has 0 aliphatic carbocycles. The van der Waals surface area contributed by atoms with E-state index in [2.05, 4.69) is 0 Å². The molecular formula is C16H34N2O6. The molecule has 0 spiro atoms. The minimum Gasteiger partial charge on any atom is -0.386 e. The zero-order valence-electron chi connectivity index (χ0n) is 15.4. The van der Waals surface area contributed by atoms with Crippen molar-refractivity contribution in [3.8, 4) is 0 Å². The molecule has 0 fully saturated rings. The first-order valence-electron chi connectivity index (χ1n) is 8.89. The highest BCUT2D eigenvalue weighted by molar-refractivity contribution is 4.66. The molecule has 4 unspecified atom stereocenters. The Bertz CT molecular complexity index is 309. The van der Waals surface area contributed by atoms with Gasteiger partial charge in [-0.15, -0.1) is 0 Å². The maximum absolute atomic E-state index is 10.4. The normalized spacial score (nSPS) is 15.6. The van der Waals surface area contributed by atoms with Crippen molar-refractivity contribution in [2.75, 3.05) is 0 Å². The van der Waals surface area contributed by atoms with Crippen molar-refractivity contribution in [1.29, 1.82) is 0 Å². The molecule has 144 valence electrons. The summed E-state index contributed by atoms with van der Waals surface area (Å²) in [6.07, 6.45) is 3.96. The lowest BCUT2D eigenvalue weighted by Gasteiger charge is -2.13. The molecule has 0 aromatic rings. The van der Waals surface area contributed by atoms with Crippen LogP contribution in [0.3, 0.4) is 0 Å². The predicted molar refractivity (Wildman–Crippen MR) is 93.2 cm³/mol. The molecule has 0 aromatic heterocycles. The van der Waals surface area contributed by atoms with Crippen molar-refractivity contribution in [3.05, 3.63) is 20.2 Å². The molecule has 0 rings (SSSR count). The molecule has 0 radical (unpaired) electrons. The van der Waals surface area contributed by atoms with Crippen LogP contribution in [0, 0.1) is 20.2 Å². The van der Waals surface area contributed by atoms with Crippen molar-refractivity contribution >= 4 is 0 Å². The van der Waals surface area contributed by atoms with Gasteiger partial charge < -0.3 is 10.2 Å². The van der Waals surface area contributed by atoms with Crippen LogP contribution in [0.2, 0.25) is 0 Å². The standard InChI is InChI=1S/2C8H17NO3/c2*1-3-5-6-8(10)7(4-2)9(11)12/h2*7-8,10H,3-6H2,1-2H3. The van der Waals surface area contributed by atoms with Crippen molar-refractivity contribution in [2.24, 2.45) is 0 Å². The maximum atomic E-state index is 10.4. The Morgan fingerprint density at radius 2 is 1.04 bits per heavy atom. The lowest BCUT2D eigenvalue weighted by molar-refractivity contribution is -0.535. The molecule has 0 amide bonds. The van der Waals surface area contributed by atoms with Crippen LogP contribution in [0.1, 0.15) is 79.1 Å². The largest absolute Gasteiger partial charge is 0.386 e. The van der Waals surface area contributed by atoms with Gasteiger partial charge in [0.25, 0.3) is 0 Å². The fourth-order valence-electron chi connectivity index (χ4n) is 2.33. The van der Waals surface area contributed by atoms with E-state index in [9.17, 15) is 30.4 Å². The van der Waals surface area contributed by atoms with Gasteiger partial charge in [0.2, 0.25) is 12.1 Å². The lowest BCUT2D eigenvalue weighted by Crippen LogP contribution is -2.32. The molecule has 4 atom stereocenters. The quantitative estimate of drug-likeness (QED) is 0.411. The van der Waals surface area contributed by atoms with Gasteiger partial charge in [0.15, 0.2) is 0 Å². The highest BCUT2D eigenvalue weighted by Crippen LogP contribution is 2.10. The van der Waals surface area contributed by atoms with Crippen molar-refractivity contribution in [1.82, 2.24) is 0 Å². The van der Waals surface area contributed by atoms with Gasteiger partial charge in [-0.3, -0.25) is 20.2 Å². The average Bonchev–Trinajstić information content (AvgIpc) is 2.52. The second-order valence-corrected chi connectivity index (χ2v) is 5.94. The zero-order chi connectivity index (χ0) is 19.1. The molecule has 0 saturated heterocycles. The Labute approximate surface area is 144 Å². The molecular weight excluding hydrogens is 316 g/mol. The van der Waals surface area contributed by atoms with E-state index < -0.39 is 24.3 Å². The lowest BCUT2D eigenvalue weighted by atomic mass is 10.0. The fourth-order valence-corrected chi connectivity index (χ4v) is 2.33. The van der Waals surface area contributed by atoms with Crippen LogP contribution in [0.5, 0.6) is 0 Å². The first-order valence-corrected chi connectivity index (χ1v) is 8.89. The molecule has 0 aromatic carbocycles. The van der Waals surface area contributed by atoms with Crippen molar-refractivity contribution in [2.45, 2.75) is 103 Å². The van der Waals surface area contributed by atoms with Crippen LogP contribution in [-0.2, 0) is 0 Å². The van der Waals surface area contributed by atoms with Crippen LogP contribution < -0.4 is 0 Å². The van der Waals surface area contributed by atoms with Crippen LogP contribution in [0.25, 0.3) is 0 Å².